The molecule has 4 saturated heterocycles. The van der Waals surface area contributed by atoms with Crippen molar-refractivity contribution in [1.29, 1.82) is 0 Å². The molecule has 4 aliphatic heterocycles. The fourth-order valence-electron chi connectivity index (χ4n) is 5.58. The molecule has 4 fully saturated rings. The summed E-state index contributed by atoms with van der Waals surface area (Å²) in [6.07, 6.45) is 6.03. The van der Waals surface area contributed by atoms with Gasteiger partial charge in [0.2, 0.25) is 0 Å². The van der Waals surface area contributed by atoms with Crippen LogP contribution >= 0.6 is 0 Å². The lowest BCUT2D eigenvalue weighted by Crippen LogP contribution is -2.62. The summed E-state index contributed by atoms with van der Waals surface area (Å²) in [6.45, 7) is 5.97. The average Bonchev–Trinajstić information content (AvgIpc) is 3.44. The third-order valence-corrected chi connectivity index (χ3v) is 7.56. The second kappa shape index (κ2) is 8.52. The van der Waals surface area contributed by atoms with Crippen molar-refractivity contribution in [3.63, 3.8) is 0 Å². The van der Waals surface area contributed by atoms with Crippen LogP contribution in [0.15, 0.2) is 29.0 Å². The summed E-state index contributed by atoms with van der Waals surface area (Å²) in [5, 5.41) is 0. The van der Waals surface area contributed by atoms with E-state index in [4.69, 9.17) is 18.6 Å². The van der Waals surface area contributed by atoms with Crippen LogP contribution in [-0.2, 0) is 9.47 Å². The smallest absolute Gasteiger partial charge is 0.297 e. The lowest BCUT2D eigenvalue weighted by Gasteiger charge is -2.46. The molecule has 33 heavy (non-hydrogen) atoms. The molecule has 1 aromatic heterocycles. The molecule has 178 valence electrons. The molecule has 0 N–H and O–H groups in total. The molecule has 9 heteroatoms. The Hall–Kier alpha value is -2.23. The fraction of sp³-hybridized carbons (Fsp3) is 0.625. The van der Waals surface area contributed by atoms with Crippen LogP contribution in [0.2, 0.25) is 0 Å². The van der Waals surface area contributed by atoms with E-state index >= 15 is 0 Å². The summed E-state index contributed by atoms with van der Waals surface area (Å²) in [4.78, 5) is 8.81. The number of hydrogen-bond acceptors (Lipinski definition) is 7. The number of likely N-dealkylation sites (tertiary alicyclic amines) is 1. The molecule has 1 spiro atoms. The van der Waals surface area contributed by atoms with Crippen molar-refractivity contribution >= 4 is 6.01 Å². The van der Waals surface area contributed by atoms with Gasteiger partial charge in [0.05, 0.1) is 45.7 Å². The van der Waals surface area contributed by atoms with E-state index in [9.17, 15) is 8.78 Å². The molecule has 0 radical (unpaired) electrons. The maximum atomic E-state index is 14.1. The minimum Gasteiger partial charge on any atom is -0.493 e. The van der Waals surface area contributed by atoms with Gasteiger partial charge in [-0.3, -0.25) is 4.90 Å². The standard InChI is InChI=1S/C24H29F2N3O4/c25-20-7-19(22(8-21(20)26)32-12-16-10-30-11-16)17-1-4-28(5-2-17)18-9-24(33-13-18)14-29(15-24)23-27-3-6-31-23/h3,6-8,16-18H,1-2,4-5,9-15H2/t18-/m0/s1. The molecule has 4 aliphatic rings. The van der Waals surface area contributed by atoms with Crippen molar-refractivity contribution in [2.24, 2.45) is 5.92 Å². The lowest BCUT2D eigenvalue weighted by atomic mass is 9.86. The first-order chi connectivity index (χ1) is 16.1. The van der Waals surface area contributed by atoms with Gasteiger partial charge in [-0.2, -0.15) is 0 Å². The Kier molecular flexibility index (Phi) is 5.50. The SMILES string of the molecule is Fc1cc(OCC2COC2)c(C2CCN([C@@H]3COC4(C3)CN(c3ncco3)C4)CC2)cc1F. The highest BCUT2D eigenvalue weighted by Gasteiger charge is 2.52. The molecule has 0 unspecified atom stereocenters. The van der Waals surface area contributed by atoms with E-state index in [1.165, 1.54) is 12.1 Å². The second-order valence-electron chi connectivity index (χ2n) is 9.85. The van der Waals surface area contributed by atoms with Gasteiger partial charge in [0, 0.05) is 23.6 Å². The largest absolute Gasteiger partial charge is 0.493 e. The third-order valence-electron chi connectivity index (χ3n) is 7.56. The monoisotopic (exact) mass is 461 g/mol. The van der Waals surface area contributed by atoms with Gasteiger partial charge in [-0.1, -0.05) is 0 Å². The van der Waals surface area contributed by atoms with E-state index in [1.807, 2.05) is 0 Å². The van der Waals surface area contributed by atoms with Crippen molar-refractivity contribution in [2.75, 3.05) is 57.5 Å². The zero-order valence-electron chi connectivity index (χ0n) is 18.6. The number of aromatic nitrogens is 1. The van der Waals surface area contributed by atoms with Gasteiger partial charge in [-0.15, -0.1) is 0 Å². The second-order valence-corrected chi connectivity index (χ2v) is 9.85. The topological polar surface area (TPSA) is 60.2 Å². The average molecular weight is 462 g/mol. The van der Waals surface area contributed by atoms with Crippen LogP contribution in [0.25, 0.3) is 0 Å². The molecule has 2 aromatic rings. The van der Waals surface area contributed by atoms with E-state index in [1.54, 1.807) is 12.5 Å². The Labute approximate surface area is 191 Å². The van der Waals surface area contributed by atoms with E-state index in [-0.39, 0.29) is 11.5 Å². The van der Waals surface area contributed by atoms with E-state index in [0.717, 1.165) is 57.6 Å². The van der Waals surface area contributed by atoms with E-state index in [2.05, 4.69) is 14.8 Å². The summed E-state index contributed by atoms with van der Waals surface area (Å²) in [7, 11) is 0. The summed E-state index contributed by atoms with van der Waals surface area (Å²) in [6, 6.07) is 3.59. The van der Waals surface area contributed by atoms with Crippen LogP contribution in [-0.4, -0.2) is 74.1 Å². The predicted octanol–water partition coefficient (Wildman–Crippen LogP) is 3.21. The summed E-state index contributed by atoms with van der Waals surface area (Å²) < 4.78 is 50.7. The van der Waals surface area contributed by atoms with Crippen molar-refractivity contribution in [2.45, 2.75) is 36.8 Å². The molecular weight excluding hydrogens is 432 g/mol. The molecule has 5 heterocycles. The Morgan fingerprint density at radius 2 is 1.88 bits per heavy atom. The van der Waals surface area contributed by atoms with Crippen LogP contribution in [0.3, 0.4) is 0 Å². The maximum absolute atomic E-state index is 14.1. The molecule has 7 nitrogen and oxygen atoms in total. The van der Waals surface area contributed by atoms with Crippen LogP contribution in [0.4, 0.5) is 14.8 Å². The Balaban J connectivity index is 1.05. The fourth-order valence-corrected chi connectivity index (χ4v) is 5.58. The number of piperidine rings is 1. The normalized spacial score (nSPS) is 25.9. The van der Waals surface area contributed by atoms with Gasteiger partial charge in [0.1, 0.15) is 17.6 Å². The highest BCUT2D eigenvalue weighted by Crippen LogP contribution is 2.41. The molecule has 6 rings (SSSR count). The predicted molar refractivity (Wildman–Crippen MR) is 116 cm³/mol. The minimum absolute atomic E-state index is 0.109. The van der Waals surface area contributed by atoms with Gasteiger partial charge in [-0.05, 0) is 44.3 Å². The summed E-state index contributed by atoms with van der Waals surface area (Å²) in [5.74, 6) is -0.705. The van der Waals surface area contributed by atoms with Crippen LogP contribution in [0, 0.1) is 17.6 Å². The number of anilines is 1. The number of benzene rings is 1. The van der Waals surface area contributed by atoms with Crippen molar-refractivity contribution in [1.82, 2.24) is 9.88 Å². The highest BCUT2D eigenvalue weighted by molar-refractivity contribution is 5.38. The molecular formula is C24H29F2N3O4. The van der Waals surface area contributed by atoms with Gasteiger partial charge < -0.3 is 23.5 Å². The number of rotatable bonds is 6. The number of halogens is 2. The van der Waals surface area contributed by atoms with Crippen LogP contribution in [0.5, 0.6) is 5.75 Å². The van der Waals surface area contributed by atoms with E-state index in [0.29, 0.717) is 43.5 Å². The van der Waals surface area contributed by atoms with Crippen molar-refractivity contribution in [3.05, 3.63) is 41.8 Å². The molecule has 0 saturated carbocycles. The quantitative estimate of drug-likeness (QED) is 0.655. The van der Waals surface area contributed by atoms with Gasteiger partial charge in [0.15, 0.2) is 11.6 Å². The zero-order chi connectivity index (χ0) is 22.4. The minimum atomic E-state index is -0.858. The number of nitrogens with zero attached hydrogens (tertiary/aromatic N) is 3. The molecule has 1 aromatic carbocycles. The third kappa shape index (κ3) is 4.11. The summed E-state index contributed by atoms with van der Waals surface area (Å²) in [5.41, 5.74) is 0.677. The first-order valence-electron chi connectivity index (χ1n) is 11.8. The van der Waals surface area contributed by atoms with Gasteiger partial charge >= 0.3 is 0 Å². The van der Waals surface area contributed by atoms with Crippen molar-refractivity contribution in [3.8, 4) is 5.75 Å². The zero-order valence-corrected chi connectivity index (χ0v) is 18.6. The number of ether oxygens (including phenoxy) is 3. The van der Waals surface area contributed by atoms with Crippen LogP contribution in [0.1, 0.15) is 30.7 Å². The van der Waals surface area contributed by atoms with Crippen molar-refractivity contribution < 1.29 is 27.4 Å². The highest BCUT2D eigenvalue weighted by atomic mass is 19.2. The molecule has 1 atom stereocenters. The van der Waals surface area contributed by atoms with Crippen LogP contribution < -0.4 is 9.64 Å². The lowest BCUT2D eigenvalue weighted by molar-refractivity contribution is -0.0510. The molecule has 0 aliphatic carbocycles. The Morgan fingerprint density at radius 1 is 1.09 bits per heavy atom. The number of oxazole rings is 1. The molecule has 0 bridgehead atoms. The maximum Gasteiger partial charge on any atom is 0.297 e. The Bertz CT molecular complexity index is 970. The first-order valence-corrected chi connectivity index (χ1v) is 11.8. The van der Waals surface area contributed by atoms with Gasteiger partial charge in [0.25, 0.3) is 6.01 Å². The Morgan fingerprint density at radius 3 is 2.58 bits per heavy atom. The molecule has 0 amide bonds. The van der Waals surface area contributed by atoms with Gasteiger partial charge in [-0.25, -0.2) is 13.8 Å². The first kappa shape index (κ1) is 21.3. The van der Waals surface area contributed by atoms with E-state index < -0.39 is 11.6 Å². The number of hydrogen-bond donors (Lipinski definition) is 0. The summed E-state index contributed by atoms with van der Waals surface area (Å²) >= 11 is 0.